The van der Waals surface area contributed by atoms with Gasteiger partial charge in [-0.1, -0.05) is 29.8 Å². The van der Waals surface area contributed by atoms with Crippen LogP contribution in [0.4, 0.5) is 11.4 Å². The van der Waals surface area contributed by atoms with Crippen LogP contribution in [0.25, 0.3) is 0 Å². The fourth-order valence-corrected chi connectivity index (χ4v) is 6.83. The van der Waals surface area contributed by atoms with Crippen molar-refractivity contribution in [3.63, 3.8) is 0 Å². The molecule has 13 heteroatoms. The lowest BCUT2D eigenvalue weighted by atomic mass is 10.3. The Kier molecular flexibility index (Phi) is 8.58. The first-order valence-electron chi connectivity index (χ1n) is 11.5. The number of rotatable bonds is 9. The summed E-state index contributed by atoms with van der Waals surface area (Å²) in [5.41, 5.74) is 0.358. The Morgan fingerprint density at radius 1 is 0.974 bits per heavy atom. The van der Waals surface area contributed by atoms with Gasteiger partial charge in [0.05, 0.1) is 41.5 Å². The number of nitrogens with one attached hydrogen (secondary N) is 1. The Balaban J connectivity index is 1.63. The van der Waals surface area contributed by atoms with E-state index in [1.54, 1.807) is 30.3 Å². The van der Waals surface area contributed by atoms with Gasteiger partial charge in [0, 0.05) is 18.1 Å². The first kappa shape index (κ1) is 27.9. The Hall–Kier alpha value is -3.16. The molecule has 1 aliphatic heterocycles. The highest BCUT2D eigenvalue weighted by molar-refractivity contribution is 7.92. The first-order chi connectivity index (χ1) is 18.1. The maximum absolute atomic E-state index is 13.5. The zero-order chi connectivity index (χ0) is 27.3. The quantitative estimate of drug-likeness (QED) is 0.413. The molecule has 0 bridgehead atoms. The van der Waals surface area contributed by atoms with Gasteiger partial charge in [0.15, 0.2) is 0 Å². The largest absolute Gasteiger partial charge is 0.495 e. The fraction of sp³-hybridized carbons (Fsp3) is 0.240. The van der Waals surface area contributed by atoms with E-state index in [1.807, 2.05) is 0 Å². The molecule has 1 saturated heterocycles. The SMILES string of the molecule is COc1ccc(S(=O)(=O)N2CCOCC2)cc1NC(=O)CN(c1ccccc1)S(=O)(=O)c1ccc(Cl)cc1. The number of morpholine rings is 1. The van der Waals surface area contributed by atoms with E-state index in [0.29, 0.717) is 5.02 Å². The molecule has 3 aromatic carbocycles. The molecule has 38 heavy (non-hydrogen) atoms. The molecule has 202 valence electrons. The lowest BCUT2D eigenvalue weighted by Crippen LogP contribution is -2.40. The van der Waals surface area contributed by atoms with Gasteiger partial charge in [0.1, 0.15) is 12.3 Å². The number of hydrogen-bond donors (Lipinski definition) is 1. The van der Waals surface area contributed by atoms with Crippen molar-refractivity contribution in [3.05, 3.63) is 77.8 Å². The van der Waals surface area contributed by atoms with Crippen LogP contribution in [0.15, 0.2) is 82.6 Å². The van der Waals surface area contributed by atoms with Crippen molar-refractivity contribution < 1.29 is 31.1 Å². The summed E-state index contributed by atoms with van der Waals surface area (Å²) in [6.07, 6.45) is 0. The lowest BCUT2D eigenvalue weighted by molar-refractivity contribution is -0.114. The number of benzene rings is 3. The van der Waals surface area contributed by atoms with E-state index < -0.39 is 32.5 Å². The zero-order valence-corrected chi connectivity index (χ0v) is 22.8. The van der Waals surface area contributed by atoms with Crippen molar-refractivity contribution in [3.8, 4) is 5.75 Å². The van der Waals surface area contributed by atoms with Crippen molar-refractivity contribution >= 4 is 48.9 Å². The topological polar surface area (TPSA) is 122 Å². The van der Waals surface area contributed by atoms with Crippen LogP contribution in [0.1, 0.15) is 0 Å². The molecule has 0 radical (unpaired) electrons. The Bertz CT molecular complexity index is 1490. The predicted molar refractivity (Wildman–Crippen MR) is 144 cm³/mol. The van der Waals surface area contributed by atoms with Crippen LogP contribution in [-0.2, 0) is 29.6 Å². The highest BCUT2D eigenvalue weighted by Crippen LogP contribution is 2.30. The smallest absolute Gasteiger partial charge is 0.264 e. The third kappa shape index (κ3) is 6.11. The molecule has 0 spiro atoms. The number of methoxy groups -OCH3 is 1. The average molecular weight is 580 g/mol. The van der Waals surface area contributed by atoms with Gasteiger partial charge in [0.25, 0.3) is 10.0 Å². The van der Waals surface area contributed by atoms with Gasteiger partial charge in [-0.05, 0) is 54.6 Å². The highest BCUT2D eigenvalue weighted by atomic mass is 35.5. The van der Waals surface area contributed by atoms with E-state index in [2.05, 4.69) is 5.32 Å². The Morgan fingerprint density at radius 2 is 1.61 bits per heavy atom. The van der Waals surface area contributed by atoms with Crippen molar-refractivity contribution in [1.82, 2.24) is 4.31 Å². The average Bonchev–Trinajstić information content (AvgIpc) is 2.93. The molecular weight excluding hydrogens is 554 g/mol. The minimum absolute atomic E-state index is 0.0378. The van der Waals surface area contributed by atoms with E-state index in [9.17, 15) is 21.6 Å². The summed E-state index contributed by atoms with van der Waals surface area (Å²) in [7, 11) is -6.62. The molecule has 0 unspecified atom stereocenters. The van der Waals surface area contributed by atoms with Gasteiger partial charge < -0.3 is 14.8 Å². The molecular formula is C25H26ClN3O7S2. The van der Waals surface area contributed by atoms with Gasteiger partial charge in [0.2, 0.25) is 15.9 Å². The van der Waals surface area contributed by atoms with E-state index in [4.69, 9.17) is 21.1 Å². The van der Waals surface area contributed by atoms with E-state index in [0.717, 1.165) is 4.31 Å². The van der Waals surface area contributed by atoms with Crippen LogP contribution < -0.4 is 14.4 Å². The second-order valence-corrected chi connectivity index (χ2v) is 12.5. The number of ether oxygens (including phenoxy) is 2. The molecule has 1 aliphatic rings. The van der Waals surface area contributed by atoms with Crippen LogP contribution in [0.2, 0.25) is 5.02 Å². The van der Waals surface area contributed by atoms with Crippen molar-refractivity contribution in [2.75, 3.05) is 49.6 Å². The number of nitrogens with zero attached hydrogens (tertiary/aromatic N) is 2. The van der Waals surface area contributed by atoms with Crippen molar-refractivity contribution in [1.29, 1.82) is 0 Å². The number of carbonyl (C=O) groups excluding carboxylic acids is 1. The number of amides is 1. The normalized spacial score (nSPS) is 14.6. The van der Waals surface area contributed by atoms with Crippen molar-refractivity contribution in [2.45, 2.75) is 9.79 Å². The summed E-state index contributed by atoms with van der Waals surface area (Å²) in [6, 6.07) is 17.9. The predicted octanol–water partition coefficient (Wildman–Crippen LogP) is 3.20. The number of sulfonamides is 2. The zero-order valence-electron chi connectivity index (χ0n) is 20.4. The molecule has 0 aliphatic carbocycles. The number of halogens is 1. The monoisotopic (exact) mass is 579 g/mol. The summed E-state index contributed by atoms with van der Waals surface area (Å²) in [6.45, 7) is 0.417. The summed E-state index contributed by atoms with van der Waals surface area (Å²) in [5, 5.41) is 2.98. The molecule has 3 aromatic rings. The standard InChI is InChI=1S/C25H26ClN3O7S2/c1-35-24-12-11-22(37(31,32)28-13-15-36-16-14-28)17-23(24)27-25(30)18-29(20-5-3-2-4-6-20)38(33,34)21-9-7-19(26)8-10-21/h2-12,17H,13-16,18H2,1H3,(H,27,30). The lowest BCUT2D eigenvalue weighted by Gasteiger charge is -2.26. The minimum Gasteiger partial charge on any atom is -0.495 e. The van der Waals surface area contributed by atoms with Gasteiger partial charge in [-0.3, -0.25) is 9.10 Å². The summed E-state index contributed by atoms with van der Waals surface area (Å²) in [4.78, 5) is 13.1. The second-order valence-electron chi connectivity index (χ2n) is 8.23. The molecule has 1 amide bonds. The number of anilines is 2. The van der Waals surface area contributed by atoms with E-state index in [-0.39, 0.29) is 53.2 Å². The van der Waals surface area contributed by atoms with Gasteiger partial charge in [-0.25, -0.2) is 16.8 Å². The van der Waals surface area contributed by atoms with Crippen LogP contribution in [-0.4, -0.2) is 67.0 Å². The van der Waals surface area contributed by atoms with Crippen LogP contribution in [0.5, 0.6) is 5.75 Å². The third-order valence-electron chi connectivity index (χ3n) is 5.79. The Labute approximate surface area is 226 Å². The van der Waals surface area contributed by atoms with E-state index >= 15 is 0 Å². The maximum atomic E-state index is 13.5. The van der Waals surface area contributed by atoms with E-state index in [1.165, 1.54) is 53.9 Å². The van der Waals surface area contributed by atoms with Crippen LogP contribution in [0, 0.1) is 0 Å². The molecule has 1 fully saturated rings. The molecule has 0 aromatic heterocycles. The number of hydrogen-bond acceptors (Lipinski definition) is 7. The van der Waals surface area contributed by atoms with Gasteiger partial charge in [-0.15, -0.1) is 0 Å². The fourth-order valence-electron chi connectivity index (χ4n) is 3.84. The summed E-state index contributed by atoms with van der Waals surface area (Å²) in [5.74, 6) is -0.489. The first-order valence-corrected chi connectivity index (χ1v) is 14.8. The third-order valence-corrected chi connectivity index (χ3v) is 9.72. The molecule has 10 nitrogen and oxygen atoms in total. The van der Waals surface area contributed by atoms with Gasteiger partial charge in [-0.2, -0.15) is 4.31 Å². The maximum Gasteiger partial charge on any atom is 0.264 e. The van der Waals surface area contributed by atoms with Gasteiger partial charge >= 0.3 is 0 Å². The van der Waals surface area contributed by atoms with Crippen molar-refractivity contribution in [2.24, 2.45) is 0 Å². The molecule has 0 saturated carbocycles. The van der Waals surface area contributed by atoms with Crippen LogP contribution >= 0.6 is 11.6 Å². The second kappa shape index (κ2) is 11.7. The molecule has 0 atom stereocenters. The molecule has 4 rings (SSSR count). The summed E-state index contributed by atoms with van der Waals surface area (Å²) >= 11 is 5.92. The number of para-hydroxylation sites is 1. The molecule has 1 N–H and O–H groups in total. The number of carbonyl (C=O) groups is 1. The van der Waals surface area contributed by atoms with Crippen LogP contribution in [0.3, 0.4) is 0 Å². The highest BCUT2D eigenvalue weighted by Gasteiger charge is 2.29. The Morgan fingerprint density at radius 3 is 2.24 bits per heavy atom. The summed E-state index contributed by atoms with van der Waals surface area (Å²) < 4.78 is 66.1. The minimum atomic E-state index is -4.15. The molecule has 1 heterocycles.